The molecule has 0 saturated carbocycles. The molecule has 1 heterocycles. The monoisotopic (exact) mass is 411 g/mol. The Labute approximate surface area is 174 Å². The van der Waals surface area contributed by atoms with Crippen LogP contribution in [0.5, 0.6) is 5.75 Å². The number of halogens is 2. The van der Waals surface area contributed by atoms with E-state index in [4.69, 9.17) is 33.7 Å². The topological polar surface area (TPSA) is 71.9 Å². The second-order valence-electron chi connectivity index (χ2n) is 6.33. The molecule has 6 heteroatoms. The smallest absolute Gasteiger partial charge is 0.142 e. The maximum Gasteiger partial charge on any atom is 0.142 e. The van der Waals surface area contributed by atoms with Gasteiger partial charge in [0.05, 0.1) is 17.3 Å². The fraction of sp³-hybridized carbons (Fsp3) is 0.182. The molecule has 4 nitrogen and oxygen atoms in total. The van der Waals surface area contributed by atoms with Gasteiger partial charge in [0, 0.05) is 16.1 Å². The van der Waals surface area contributed by atoms with Gasteiger partial charge in [-0.1, -0.05) is 42.3 Å². The van der Waals surface area contributed by atoms with Crippen LogP contribution in [0.2, 0.25) is 10.0 Å². The van der Waals surface area contributed by atoms with Crippen LogP contribution in [0.1, 0.15) is 24.5 Å². The number of pyridine rings is 1. The van der Waals surface area contributed by atoms with Crippen molar-refractivity contribution in [2.75, 3.05) is 12.3 Å². The third-order valence-electron chi connectivity index (χ3n) is 4.38. The Kier molecular flexibility index (Phi) is 6.08. The summed E-state index contributed by atoms with van der Waals surface area (Å²) in [5, 5.41) is 10.7. The molecule has 0 amide bonds. The number of anilines is 1. The summed E-state index contributed by atoms with van der Waals surface area (Å²) < 4.78 is 5.64. The lowest BCUT2D eigenvalue weighted by Gasteiger charge is -2.16. The molecule has 0 saturated heterocycles. The quantitative estimate of drug-likeness (QED) is 0.536. The molecule has 142 valence electrons. The van der Waals surface area contributed by atoms with Crippen LogP contribution < -0.4 is 10.5 Å². The zero-order chi connectivity index (χ0) is 20.3. The first kappa shape index (κ1) is 20.0. The third kappa shape index (κ3) is 3.91. The van der Waals surface area contributed by atoms with Crippen molar-refractivity contribution in [1.82, 2.24) is 4.98 Å². The molecular formula is C22H19Cl2N3O. The van der Waals surface area contributed by atoms with Crippen molar-refractivity contribution < 1.29 is 4.74 Å². The summed E-state index contributed by atoms with van der Waals surface area (Å²) in [6.07, 6.45) is 0.936. The molecule has 3 aromatic rings. The maximum atomic E-state index is 9.67. The zero-order valence-corrected chi connectivity index (χ0v) is 17.1. The highest BCUT2D eigenvalue weighted by Gasteiger charge is 2.19. The van der Waals surface area contributed by atoms with Crippen molar-refractivity contribution in [2.45, 2.75) is 20.3 Å². The Balaban J connectivity index is 2.17. The molecule has 0 atom stereocenters. The van der Waals surface area contributed by atoms with Gasteiger partial charge in [-0.25, -0.2) is 4.98 Å². The van der Waals surface area contributed by atoms with Crippen molar-refractivity contribution in [3.8, 4) is 34.2 Å². The third-order valence-corrected chi connectivity index (χ3v) is 4.93. The van der Waals surface area contributed by atoms with Crippen molar-refractivity contribution in [2.24, 2.45) is 0 Å². The fourth-order valence-corrected chi connectivity index (χ4v) is 3.55. The molecule has 0 fully saturated rings. The van der Waals surface area contributed by atoms with Gasteiger partial charge in [0.25, 0.3) is 0 Å². The average molecular weight is 412 g/mol. The first-order valence-electron chi connectivity index (χ1n) is 8.85. The van der Waals surface area contributed by atoms with E-state index in [-0.39, 0.29) is 5.82 Å². The van der Waals surface area contributed by atoms with Gasteiger partial charge in [0.1, 0.15) is 23.2 Å². The van der Waals surface area contributed by atoms with Crippen LogP contribution in [0.25, 0.3) is 22.4 Å². The summed E-state index contributed by atoms with van der Waals surface area (Å²) in [5.41, 5.74) is 10.2. The number of hydrogen-bond acceptors (Lipinski definition) is 4. The lowest BCUT2D eigenvalue weighted by atomic mass is 9.93. The minimum Gasteiger partial charge on any atom is -0.494 e. The van der Waals surface area contributed by atoms with Gasteiger partial charge >= 0.3 is 0 Å². The Morgan fingerprint density at radius 1 is 1.14 bits per heavy atom. The first-order valence-corrected chi connectivity index (χ1v) is 9.60. The van der Waals surface area contributed by atoms with Crippen LogP contribution in [0.15, 0.2) is 42.5 Å². The summed E-state index contributed by atoms with van der Waals surface area (Å²) in [7, 11) is 0. The van der Waals surface area contributed by atoms with Crippen LogP contribution in [-0.4, -0.2) is 11.6 Å². The van der Waals surface area contributed by atoms with Gasteiger partial charge in [-0.3, -0.25) is 0 Å². The van der Waals surface area contributed by atoms with Gasteiger partial charge in [-0.2, -0.15) is 5.26 Å². The zero-order valence-electron chi connectivity index (χ0n) is 15.6. The summed E-state index contributed by atoms with van der Waals surface area (Å²) >= 11 is 12.4. The number of nitrogens with two attached hydrogens (primary N) is 1. The predicted molar refractivity (Wildman–Crippen MR) is 115 cm³/mol. The summed E-state index contributed by atoms with van der Waals surface area (Å²) in [6, 6.07) is 15.0. The normalized spacial score (nSPS) is 10.5. The van der Waals surface area contributed by atoms with E-state index in [1.807, 2.05) is 31.2 Å². The lowest BCUT2D eigenvalue weighted by molar-refractivity contribution is 0.317. The predicted octanol–water partition coefficient (Wildman–Crippen LogP) is 6.27. The number of hydrogen-bond donors (Lipinski definition) is 1. The molecule has 0 aliphatic rings. The van der Waals surface area contributed by atoms with Crippen molar-refractivity contribution in [1.29, 1.82) is 5.26 Å². The Hall–Kier alpha value is -2.74. The molecule has 0 unspecified atom stereocenters. The van der Waals surface area contributed by atoms with E-state index in [0.717, 1.165) is 28.9 Å². The molecule has 0 bridgehead atoms. The van der Waals surface area contributed by atoms with E-state index in [2.05, 4.69) is 18.0 Å². The van der Waals surface area contributed by atoms with Gasteiger partial charge in [-0.05, 0) is 54.8 Å². The maximum absolute atomic E-state index is 9.67. The highest BCUT2D eigenvalue weighted by atomic mass is 35.5. The second-order valence-corrected chi connectivity index (χ2v) is 7.17. The Morgan fingerprint density at radius 3 is 2.46 bits per heavy atom. The van der Waals surface area contributed by atoms with Crippen LogP contribution in [0.4, 0.5) is 5.82 Å². The minimum atomic E-state index is 0.162. The number of ether oxygens (including phenoxy) is 1. The SMILES string of the molecule is CCCOc1ccc(-c2c(C)c(-c3ccc(Cl)cc3Cl)nc(N)c2C#N)cc1. The second kappa shape index (κ2) is 8.52. The summed E-state index contributed by atoms with van der Waals surface area (Å²) in [4.78, 5) is 4.45. The lowest BCUT2D eigenvalue weighted by Crippen LogP contribution is -2.03. The van der Waals surface area contributed by atoms with E-state index in [1.165, 1.54) is 0 Å². The molecule has 2 N–H and O–H groups in total. The fourth-order valence-electron chi connectivity index (χ4n) is 3.05. The molecule has 2 aromatic carbocycles. The van der Waals surface area contributed by atoms with Gasteiger partial charge in [0.15, 0.2) is 0 Å². The number of aromatic nitrogens is 1. The largest absolute Gasteiger partial charge is 0.494 e. The number of rotatable bonds is 5. The Morgan fingerprint density at radius 2 is 1.86 bits per heavy atom. The average Bonchev–Trinajstić information content (AvgIpc) is 2.68. The minimum absolute atomic E-state index is 0.162. The van der Waals surface area contributed by atoms with Crippen molar-refractivity contribution in [3.05, 3.63) is 63.6 Å². The van der Waals surface area contributed by atoms with E-state index >= 15 is 0 Å². The number of nitriles is 1. The summed E-state index contributed by atoms with van der Waals surface area (Å²) in [5.74, 6) is 0.945. The highest BCUT2D eigenvalue weighted by Crippen LogP contribution is 2.39. The van der Waals surface area contributed by atoms with Crippen LogP contribution >= 0.6 is 23.2 Å². The van der Waals surface area contributed by atoms with Crippen molar-refractivity contribution in [3.63, 3.8) is 0 Å². The molecule has 28 heavy (non-hydrogen) atoms. The molecule has 0 radical (unpaired) electrons. The standard InChI is InChI=1S/C22H19Cl2N3O/c1-3-10-28-16-7-4-14(5-8-16)20-13(2)21(27-22(26)18(20)12-25)17-9-6-15(23)11-19(17)24/h4-9,11H,3,10H2,1-2H3,(H2,26,27). The number of nitrogen functional groups attached to an aromatic ring is 1. The molecule has 1 aromatic heterocycles. The van der Waals surface area contributed by atoms with E-state index < -0.39 is 0 Å². The van der Waals surface area contributed by atoms with E-state index in [9.17, 15) is 5.26 Å². The first-order chi connectivity index (χ1) is 13.5. The molecule has 0 spiro atoms. The molecule has 3 rings (SSSR count). The highest BCUT2D eigenvalue weighted by molar-refractivity contribution is 6.36. The van der Waals surface area contributed by atoms with Crippen LogP contribution in [0.3, 0.4) is 0 Å². The number of benzene rings is 2. The van der Waals surface area contributed by atoms with E-state index in [1.54, 1.807) is 18.2 Å². The molecule has 0 aliphatic heterocycles. The Bertz CT molecular complexity index is 1060. The van der Waals surface area contributed by atoms with Gasteiger partial charge in [0.2, 0.25) is 0 Å². The van der Waals surface area contributed by atoms with Crippen LogP contribution in [0, 0.1) is 18.3 Å². The van der Waals surface area contributed by atoms with Crippen molar-refractivity contribution >= 4 is 29.0 Å². The van der Waals surface area contributed by atoms with E-state index in [0.29, 0.717) is 33.5 Å². The van der Waals surface area contributed by atoms with Gasteiger partial charge < -0.3 is 10.5 Å². The van der Waals surface area contributed by atoms with Crippen LogP contribution in [-0.2, 0) is 0 Å². The summed E-state index contributed by atoms with van der Waals surface area (Å²) in [6.45, 7) is 4.62. The molecular weight excluding hydrogens is 393 g/mol. The number of nitrogens with zero attached hydrogens (tertiary/aromatic N) is 2. The molecule has 0 aliphatic carbocycles. The van der Waals surface area contributed by atoms with Gasteiger partial charge in [-0.15, -0.1) is 0 Å².